The molecular weight excluding hydrogens is 374 g/mol. The summed E-state index contributed by atoms with van der Waals surface area (Å²) < 4.78 is 0. The molecule has 0 radical (unpaired) electrons. The van der Waals surface area contributed by atoms with Crippen molar-refractivity contribution in [3.8, 4) is 0 Å². The number of anilines is 1. The van der Waals surface area contributed by atoms with Crippen LogP contribution in [-0.4, -0.2) is 18.0 Å². The van der Waals surface area contributed by atoms with Crippen LogP contribution >= 0.6 is 0 Å². The highest BCUT2D eigenvalue weighted by Crippen LogP contribution is 2.27. The van der Waals surface area contributed by atoms with E-state index in [0.717, 1.165) is 39.1 Å². The molecule has 0 saturated heterocycles. The van der Waals surface area contributed by atoms with Crippen LogP contribution in [0.3, 0.4) is 0 Å². The smallest absolute Gasteiger partial charge is 0.318 e. The van der Waals surface area contributed by atoms with Gasteiger partial charge in [0.15, 0.2) is 0 Å². The van der Waals surface area contributed by atoms with Crippen molar-refractivity contribution < 1.29 is 9.59 Å². The van der Waals surface area contributed by atoms with E-state index in [1.165, 1.54) is 0 Å². The second-order valence-corrected chi connectivity index (χ2v) is 6.94. The molecule has 5 heteroatoms. The van der Waals surface area contributed by atoms with Crippen LogP contribution in [0.25, 0.3) is 21.5 Å². The van der Waals surface area contributed by atoms with Crippen molar-refractivity contribution in [1.29, 1.82) is 0 Å². The van der Waals surface area contributed by atoms with Crippen LogP contribution in [0.15, 0.2) is 84.0 Å². The molecular formula is C25H21N3O2. The molecule has 2 amide bonds. The quantitative estimate of drug-likeness (QED) is 0.229. The first-order chi connectivity index (χ1) is 14.7. The van der Waals surface area contributed by atoms with Crippen molar-refractivity contribution in [1.82, 2.24) is 5.43 Å². The summed E-state index contributed by atoms with van der Waals surface area (Å²) in [5.41, 5.74) is 4.93. The molecule has 4 aromatic rings. The third-order valence-corrected chi connectivity index (χ3v) is 5.00. The van der Waals surface area contributed by atoms with Gasteiger partial charge in [0.25, 0.3) is 0 Å². The maximum absolute atomic E-state index is 12.2. The van der Waals surface area contributed by atoms with Crippen LogP contribution < -0.4 is 10.7 Å². The number of carbonyl (C=O) groups excluding carboxylic acids is 2. The molecule has 4 rings (SSSR count). The van der Waals surface area contributed by atoms with Crippen LogP contribution in [0.2, 0.25) is 0 Å². The normalized spacial score (nSPS) is 11.1. The molecule has 0 aliphatic carbocycles. The summed E-state index contributed by atoms with van der Waals surface area (Å²) >= 11 is 0. The molecule has 148 valence electrons. The Balaban J connectivity index is 1.52. The van der Waals surface area contributed by atoms with Crippen molar-refractivity contribution in [2.45, 2.75) is 13.3 Å². The lowest BCUT2D eigenvalue weighted by Crippen LogP contribution is -2.32. The molecule has 0 atom stereocenters. The number of hydrogen-bond donors (Lipinski definition) is 2. The largest absolute Gasteiger partial charge is 0.329 e. The molecule has 0 saturated carbocycles. The first kappa shape index (κ1) is 19.3. The summed E-state index contributed by atoms with van der Waals surface area (Å²) in [6, 6.07) is 25.5. The Kier molecular flexibility index (Phi) is 5.52. The number of aryl methyl sites for hydroxylation is 1. The number of hydrogen-bond acceptors (Lipinski definition) is 3. The van der Waals surface area contributed by atoms with Gasteiger partial charge in [-0.2, -0.15) is 5.10 Å². The van der Waals surface area contributed by atoms with Gasteiger partial charge in [0.1, 0.15) is 0 Å². The second-order valence-electron chi connectivity index (χ2n) is 6.94. The maximum Gasteiger partial charge on any atom is 0.329 e. The van der Waals surface area contributed by atoms with Gasteiger partial charge in [-0.3, -0.25) is 9.59 Å². The molecule has 0 aliphatic heterocycles. The van der Waals surface area contributed by atoms with Crippen LogP contribution in [0, 0.1) is 0 Å². The van der Waals surface area contributed by atoms with Crippen LogP contribution in [0.4, 0.5) is 5.69 Å². The van der Waals surface area contributed by atoms with Gasteiger partial charge in [-0.05, 0) is 51.7 Å². The topological polar surface area (TPSA) is 70.6 Å². The number of hydrazone groups is 1. The minimum Gasteiger partial charge on any atom is -0.318 e. The second kappa shape index (κ2) is 8.57. The van der Waals surface area contributed by atoms with Gasteiger partial charge in [0.05, 0.1) is 6.21 Å². The minimum atomic E-state index is -0.824. The zero-order valence-electron chi connectivity index (χ0n) is 16.6. The third kappa shape index (κ3) is 4.05. The van der Waals surface area contributed by atoms with E-state index in [1.807, 2.05) is 60.7 Å². The summed E-state index contributed by atoms with van der Waals surface area (Å²) in [7, 11) is 0. The lowest BCUT2D eigenvalue weighted by Gasteiger charge is -2.08. The summed E-state index contributed by atoms with van der Waals surface area (Å²) in [5.74, 6) is -1.59. The fourth-order valence-corrected chi connectivity index (χ4v) is 3.41. The molecule has 0 heterocycles. The van der Waals surface area contributed by atoms with E-state index in [2.05, 4.69) is 28.8 Å². The number of benzene rings is 4. The molecule has 30 heavy (non-hydrogen) atoms. The highest BCUT2D eigenvalue weighted by molar-refractivity contribution is 6.39. The van der Waals surface area contributed by atoms with Gasteiger partial charge < -0.3 is 5.32 Å². The van der Waals surface area contributed by atoms with Gasteiger partial charge in [0.2, 0.25) is 0 Å². The Morgan fingerprint density at radius 1 is 0.833 bits per heavy atom. The molecule has 0 bridgehead atoms. The number of amides is 2. The third-order valence-electron chi connectivity index (χ3n) is 5.00. The number of fused-ring (bicyclic) bond motifs is 2. The molecule has 2 N–H and O–H groups in total. The van der Waals surface area contributed by atoms with Gasteiger partial charge >= 0.3 is 11.8 Å². The number of nitrogens with one attached hydrogen (secondary N) is 2. The van der Waals surface area contributed by atoms with Crippen LogP contribution in [0.1, 0.15) is 18.1 Å². The van der Waals surface area contributed by atoms with Gasteiger partial charge in [-0.25, -0.2) is 5.43 Å². The highest BCUT2D eigenvalue weighted by atomic mass is 16.2. The zero-order valence-corrected chi connectivity index (χ0v) is 16.6. The van der Waals surface area contributed by atoms with Gasteiger partial charge in [0, 0.05) is 11.3 Å². The van der Waals surface area contributed by atoms with E-state index in [0.29, 0.717) is 5.69 Å². The summed E-state index contributed by atoms with van der Waals surface area (Å²) in [5, 5.41) is 10.8. The summed E-state index contributed by atoms with van der Waals surface area (Å²) in [6.07, 6.45) is 2.50. The summed E-state index contributed by atoms with van der Waals surface area (Å²) in [6.45, 7) is 2.05. The Morgan fingerprint density at radius 3 is 2.03 bits per heavy atom. The molecule has 0 aliphatic rings. The molecule has 4 aromatic carbocycles. The Labute approximate surface area is 174 Å². The van der Waals surface area contributed by atoms with Crippen molar-refractivity contribution >= 4 is 45.3 Å². The number of rotatable bonds is 4. The fourth-order valence-electron chi connectivity index (χ4n) is 3.41. The molecule has 0 fully saturated rings. The zero-order chi connectivity index (χ0) is 20.9. The van der Waals surface area contributed by atoms with E-state index in [4.69, 9.17) is 0 Å². The van der Waals surface area contributed by atoms with Crippen molar-refractivity contribution in [2.24, 2.45) is 5.10 Å². The van der Waals surface area contributed by atoms with Gasteiger partial charge in [-0.1, -0.05) is 67.6 Å². The van der Waals surface area contributed by atoms with E-state index < -0.39 is 11.8 Å². The number of carbonyl (C=O) groups is 2. The average Bonchev–Trinajstić information content (AvgIpc) is 2.79. The van der Waals surface area contributed by atoms with E-state index in [9.17, 15) is 9.59 Å². The number of nitrogens with zero attached hydrogens (tertiary/aromatic N) is 1. The van der Waals surface area contributed by atoms with Crippen molar-refractivity contribution in [2.75, 3.05) is 5.32 Å². The Morgan fingerprint density at radius 2 is 1.43 bits per heavy atom. The van der Waals surface area contributed by atoms with Crippen molar-refractivity contribution in [3.63, 3.8) is 0 Å². The first-order valence-corrected chi connectivity index (χ1v) is 9.79. The predicted octanol–water partition coefficient (Wildman–Crippen LogP) is 4.64. The Hall–Kier alpha value is -3.99. The van der Waals surface area contributed by atoms with Gasteiger partial charge in [-0.15, -0.1) is 0 Å². The van der Waals surface area contributed by atoms with Crippen LogP contribution in [0.5, 0.6) is 0 Å². The van der Waals surface area contributed by atoms with E-state index in [1.54, 1.807) is 18.3 Å². The Bertz CT molecular complexity index is 1210. The minimum absolute atomic E-state index is 0.566. The van der Waals surface area contributed by atoms with Crippen molar-refractivity contribution in [3.05, 3.63) is 90.0 Å². The molecule has 0 aromatic heterocycles. The maximum atomic E-state index is 12.2. The highest BCUT2D eigenvalue weighted by Gasteiger charge is 2.13. The summed E-state index contributed by atoms with van der Waals surface area (Å²) in [4.78, 5) is 24.3. The standard InChI is InChI=1S/C25H21N3O2/c1-2-17-11-13-20(14-12-17)27-24(29)25(30)28-26-16-23-21-9-5-3-7-18(21)15-19-8-4-6-10-22(19)23/h3-16H,2H2,1H3,(H,27,29)(H,28,30)/b26-16+. The molecule has 0 unspecified atom stereocenters. The molecule has 0 spiro atoms. The molecule has 5 nitrogen and oxygen atoms in total. The predicted molar refractivity (Wildman–Crippen MR) is 122 cm³/mol. The first-order valence-electron chi connectivity index (χ1n) is 9.79. The fraction of sp³-hybridized carbons (Fsp3) is 0.0800. The SMILES string of the molecule is CCc1ccc(NC(=O)C(=O)N/N=C/c2c3ccccc3cc3ccccc23)cc1. The van der Waals surface area contributed by atoms with E-state index >= 15 is 0 Å². The lowest BCUT2D eigenvalue weighted by atomic mass is 9.97. The van der Waals surface area contributed by atoms with E-state index in [-0.39, 0.29) is 0 Å². The monoisotopic (exact) mass is 395 g/mol. The lowest BCUT2D eigenvalue weighted by molar-refractivity contribution is -0.136. The average molecular weight is 395 g/mol. The van der Waals surface area contributed by atoms with Crippen LogP contribution in [-0.2, 0) is 16.0 Å².